The molecule has 1 saturated heterocycles. The number of nitrogens with one attached hydrogen (secondary N) is 1. The van der Waals surface area contributed by atoms with E-state index in [-0.39, 0.29) is 17.9 Å². The van der Waals surface area contributed by atoms with Gasteiger partial charge in [-0.1, -0.05) is 48.0 Å². The molecule has 1 atom stereocenters. The Morgan fingerprint density at radius 2 is 1.73 bits per heavy atom. The van der Waals surface area contributed by atoms with E-state index in [1.807, 2.05) is 18.2 Å². The first-order valence-electron chi connectivity index (χ1n) is 9.51. The molecule has 0 bridgehead atoms. The van der Waals surface area contributed by atoms with E-state index in [9.17, 15) is 4.79 Å². The molecule has 4 rings (SSSR count). The van der Waals surface area contributed by atoms with Crippen LogP contribution in [-0.2, 0) is 4.79 Å². The predicted octanol–water partition coefficient (Wildman–Crippen LogP) is 4.18. The fraction of sp³-hybridized carbons (Fsp3) is 0.348. The molecular weight excluding hydrogens is 320 g/mol. The van der Waals surface area contributed by atoms with Gasteiger partial charge in [-0.2, -0.15) is 0 Å². The van der Waals surface area contributed by atoms with Gasteiger partial charge in [-0.3, -0.25) is 4.79 Å². The normalized spacial score (nSPS) is 20.2. The molecule has 3 heteroatoms. The highest BCUT2D eigenvalue weighted by molar-refractivity contribution is 6.05. The maximum absolute atomic E-state index is 12.7. The highest BCUT2D eigenvalue weighted by Gasteiger charge is 2.40. The Labute approximate surface area is 155 Å². The molecule has 1 unspecified atom stereocenters. The van der Waals surface area contributed by atoms with Crippen LogP contribution in [0.5, 0.6) is 0 Å². The zero-order valence-corrected chi connectivity index (χ0v) is 15.5. The van der Waals surface area contributed by atoms with Crippen LogP contribution in [0.2, 0.25) is 0 Å². The van der Waals surface area contributed by atoms with Gasteiger partial charge in [0.15, 0.2) is 0 Å². The van der Waals surface area contributed by atoms with Gasteiger partial charge in [0.1, 0.15) is 0 Å². The molecule has 2 aliphatic rings. The number of hydrogen-bond donors (Lipinski definition) is 1. The van der Waals surface area contributed by atoms with Crippen molar-refractivity contribution in [3.05, 3.63) is 71.3 Å². The van der Waals surface area contributed by atoms with Crippen LogP contribution in [0.3, 0.4) is 0 Å². The summed E-state index contributed by atoms with van der Waals surface area (Å²) in [5.41, 5.74) is 6.19. The number of benzene rings is 2. The van der Waals surface area contributed by atoms with E-state index in [0.717, 1.165) is 25.9 Å². The molecule has 134 valence electrons. The van der Waals surface area contributed by atoms with Gasteiger partial charge in [0.25, 0.3) is 0 Å². The summed E-state index contributed by atoms with van der Waals surface area (Å²) in [5.74, 6) is 0.155. The van der Waals surface area contributed by atoms with Gasteiger partial charge in [-0.05, 0) is 55.5 Å². The Kier molecular flexibility index (Phi) is 4.54. The average molecular weight is 346 g/mol. The van der Waals surface area contributed by atoms with E-state index in [1.165, 1.54) is 28.0 Å². The SMILES string of the molecule is CC1=C(c2ccccc2)C1C(=O)NC1CCN(c2cccc(C)c2)CC1. The van der Waals surface area contributed by atoms with Crippen LogP contribution >= 0.6 is 0 Å². The molecule has 0 radical (unpaired) electrons. The van der Waals surface area contributed by atoms with Crippen molar-refractivity contribution in [1.82, 2.24) is 5.32 Å². The highest BCUT2D eigenvalue weighted by atomic mass is 16.2. The lowest BCUT2D eigenvalue weighted by Gasteiger charge is -2.34. The molecule has 1 amide bonds. The van der Waals surface area contributed by atoms with Gasteiger partial charge in [0.05, 0.1) is 5.92 Å². The Balaban J connectivity index is 1.31. The van der Waals surface area contributed by atoms with Crippen molar-refractivity contribution in [2.45, 2.75) is 32.7 Å². The minimum absolute atomic E-state index is 0.0211. The zero-order valence-electron chi connectivity index (χ0n) is 15.5. The Bertz CT molecular complexity index is 832. The molecule has 0 saturated carbocycles. The van der Waals surface area contributed by atoms with Crippen LogP contribution < -0.4 is 10.2 Å². The van der Waals surface area contributed by atoms with Crippen LogP contribution in [0.4, 0.5) is 5.69 Å². The summed E-state index contributed by atoms with van der Waals surface area (Å²) in [4.78, 5) is 15.1. The van der Waals surface area contributed by atoms with Crippen LogP contribution in [0.1, 0.15) is 30.9 Å². The summed E-state index contributed by atoms with van der Waals surface area (Å²) in [6.45, 7) is 6.20. The van der Waals surface area contributed by atoms with E-state index in [4.69, 9.17) is 0 Å². The zero-order chi connectivity index (χ0) is 18.1. The van der Waals surface area contributed by atoms with Crippen molar-refractivity contribution >= 4 is 17.2 Å². The van der Waals surface area contributed by atoms with Gasteiger partial charge < -0.3 is 10.2 Å². The molecule has 2 aromatic carbocycles. The lowest BCUT2D eigenvalue weighted by Crippen LogP contribution is -2.45. The van der Waals surface area contributed by atoms with E-state index in [1.54, 1.807) is 0 Å². The number of carbonyl (C=O) groups excluding carboxylic acids is 1. The molecule has 1 aliphatic carbocycles. The van der Waals surface area contributed by atoms with Crippen molar-refractivity contribution in [1.29, 1.82) is 0 Å². The molecule has 26 heavy (non-hydrogen) atoms. The first kappa shape index (κ1) is 16.9. The van der Waals surface area contributed by atoms with E-state index in [0.29, 0.717) is 0 Å². The second-order valence-corrected chi connectivity index (χ2v) is 7.50. The number of anilines is 1. The quantitative estimate of drug-likeness (QED) is 0.900. The summed E-state index contributed by atoms with van der Waals surface area (Å²) in [7, 11) is 0. The molecule has 1 aliphatic heterocycles. The molecule has 1 heterocycles. The lowest BCUT2D eigenvalue weighted by atomic mass is 10.0. The maximum atomic E-state index is 12.7. The van der Waals surface area contributed by atoms with Crippen LogP contribution in [0.25, 0.3) is 5.57 Å². The van der Waals surface area contributed by atoms with Gasteiger partial charge >= 0.3 is 0 Å². The van der Waals surface area contributed by atoms with Gasteiger partial charge in [-0.25, -0.2) is 0 Å². The first-order valence-corrected chi connectivity index (χ1v) is 9.51. The smallest absolute Gasteiger partial charge is 0.231 e. The van der Waals surface area contributed by atoms with Crippen molar-refractivity contribution in [3.8, 4) is 0 Å². The fourth-order valence-corrected chi connectivity index (χ4v) is 4.06. The summed E-state index contributed by atoms with van der Waals surface area (Å²) >= 11 is 0. The Morgan fingerprint density at radius 1 is 1.00 bits per heavy atom. The van der Waals surface area contributed by atoms with Crippen molar-refractivity contribution in [3.63, 3.8) is 0 Å². The summed E-state index contributed by atoms with van der Waals surface area (Å²) < 4.78 is 0. The van der Waals surface area contributed by atoms with E-state index >= 15 is 0 Å². The van der Waals surface area contributed by atoms with Gasteiger partial charge in [0, 0.05) is 24.8 Å². The Hall–Kier alpha value is -2.55. The van der Waals surface area contributed by atoms with Crippen LogP contribution in [0.15, 0.2) is 60.2 Å². The van der Waals surface area contributed by atoms with Crippen LogP contribution in [0, 0.1) is 12.8 Å². The molecule has 2 aromatic rings. The molecule has 3 nitrogen and oxygen atoms in total. The number of amides is 1. The van der Waals surface area contributed by atoms with Crippen LogP contribution in [-0.4, -0.2) is 25.0 Å². The minimum atomic E-state index is -0.0211. The fourth-order valence-electron chi connectivity index (χ4n) is 4.06. The number of piperidine rings is 1. The topological polar surface area (TPSA) is 32.3 Å². The lowest BCUT2D eigenvalue weighted by molar-refractivity contribution is -0.122. The molecule has 1 N–H and O–H groups in total. The Morgan fingerprint density at radius 3 is 2.42 bits per heavy atom. The van der Waals surface area contributed by atoms with E-state index in [2.05, 4.69) is 60.5 Å². The minimum Gasteiger partial charge on any atom is -0.371 e. The third kappa shape index (κ3) is 3.39. The predicted molar refractivity (Wildman–Crippen MR) is 107 cm³/mol. The molecule has 1 fully saturated rings. The van der Waals surface area contributed by atoms with E-state index < -0.39 is 0 Å². The summed E-state index contributed by atoms with van der Waals surface area (Å²) in [6, 6.07) is 19.2. The third-order valence-corrected chi connectivity index (χ3v) is 5.62. The average Bonchev–Trinajstić information content (AvgIpc) is 3.34. The number of rotatable bonds is 4. The monoisotopic (exact) mass is 346 g/mol. The molecule has 0 aromatic heterocycles. The number of hydrogen-bond acceptors (Lipinski definition) is 2. The molecular formula is C23H26N2O. The van der Waals surface area contributed by atoms with Crippen molar-refractivity contribution in [2.24, 2.45) is 5.92 Å². The van der Waals surface area contributed by atoms with Gasteiger partial charge in [-0.15, -0.1) is 0 Å². The van der Waals surface area contributed by atoms with Crippen molar-refractivity contribution in [2.75, 3.05) is 18.0 Å². The molecule has 0 spiro atoms. The van der Waals surface area contributed by atoms with Gasteiger partial charge in [0.2, 0.25) is 5.91 Å². The number of nitrogens with zero attached hydrogens (tertiary/aromatic N) is 1. The second-order valence-electron chi connectivity index (χ2n) is 7.50. The summed E-state index contributed by atoms with van der Waals surface area (Å²) in [6.07, 6.45) is 2.01. The largest absolute Gasteiger partial charge is 0.371 e. The number of aryl methyl sites for hydroxylation is 1. The maximum Gasteiger partial charge on any atom is 0.231 e. The van der Waals surface area contributed by atoms with Crippen molar-refractivity contribution < 1.29 is 4.79 Å². The number of carbonyl (C=O) groups is 1. The standard InChI is InChI=1S/C23H26N2O/c1-16-7-6-10-20(15-16)25-13-11-19(12-14-25)24-23(26)22-17(2)21(22)18-8-4-3-5-9-18/h3-10,15,19,22H,11-14H2,1-2H3,(H,24,26). The first-order chi connectivity index (χ1) is 12.6. The second kappa shape index (κ2) is 6.99. The third-order valence-electron chi connectivity index (χ3n) is 5.62. The summed E-state index contributed by atoms with van der Waals surface area (Å²) in [5, 5.41) is 3.29. The highest BCUT2D eigenvalue weighted by Crippen LogP contribution is 2.46.